The standard InChI is InChI=1S/C59H39N/c1-3-13-40(14-4-1)43-25-30-48(31-26-43)60(49-32-27-44(28-33-49)41-15-5-2-6-16-41)50-34-35-53-54-38-47(46-24-23-42-17-7-8-18-45(42)37-46)29-36-57(54)59(58(53)39-50)55-21-11-9-19-51(55)52-20-10-12-22-56(52)59/h1-39H. The van der Waals surface area contributed by atoms with Gasteiger partial charge in [-0.25, -0.2) is 0 Å². The van der Waals surface area contributed by atoms with Crippen molar-refractivity contribution in [2.75, 3.05) is 4.90 Å². The Bertz CT molecular complexity index is 3110. The Morgan fingerprint density at radius 2 is 0.667 bits per heavy atom. The highest BCUT2D eigenvalue weighted by molar-refractivity contribution is 5.98. The van der Waals surface area contributed by atoms with Crippen molar-refractivity contribution in [2.45, 2.75) is 5.41 Å². The van der Waals surface area contributed by atoms with E-state index in [4.69, 9.17) is 0 Å². The molecule has 0 radical (unpaired) electrons. The van der Waals surface area contributed by atoms with E-state index in [1.807, 2.05) is 0 Å². The molecule has 0 heterocycles. The maximum Gasteiger partial charge on any atom is 0.0726 e. The predicted octanol–water partition coefficient (Wildman–Crippen LogP) is 15.7. The third kappa shape index (κ3) is 5.26. The summed E-state index contributed by atoms with van der Waals surface area (Å²) in [6.45, 7) is 0. The van der Waals surface area contributed by atoms with Crippen LogP contribution in [0.3, 0.4) is 0 Å². The molecular weight excluding hydrogens is 723 g/mol. The monoisotopic (exact) mass is 761 g/mol. The third-order valence-electron chi connectivity index (χ3n) is 12.9. The highest BCUT2D eigenvalue weighted by atomic mass is 15.1. The first-order chi connectivity index (χ1) is 29.7. The van der Waals surface area contributed by atoms with Crippen molar-refractivity contribution >= 4 is 27.8 Å². The van der Waals surface area contributed by atoms with E-state index < -0.39 is 5.41 Å². The van der Waals surface area contributed by atoms with Gasteiger partial charge < -0.3 is 4.90 Å². The molecule has 0 N–H and O–H groups in total. The molecular formula is C59H39N. The zero-order valence-electron chi connectivity index (χ0n) is 33.0. The van der Waals surface area contributed by atoms with Gasteiger partial charge in [-0.2, -0.15) is 0 Å². The van der Waals surface area contributed by atoms with E-state index in [9.17, 15) is 0 Å². The smallest absolute Gasteiger partial charge is 0.0726 e. The quantitative estimate of drug-likeness (QED) is 0.163. The van der Waals surface area contributed by atoms with Crippen LogP contribution in [0, 0.1) is 0 Å². The van der Waals surface area contributed by atoms with Crippen LogP contribution in [-0.4, -0.2) is 0 Å². The molecule has 0 atom stereocenters. The second kappa shape index (κ2) is 13.7. The lowest BCUT2D eigenvalue weighted by Crippen LogP contribution is -2.26. The SMILES string of the molecule is c1ccc(-c2ccc(N(c3ccc(-c4ccccc4)cc3)c3ccc4c(c3)C3(c5ccccc5-c5ccccc53)c3ccc(-c5ccc6ccccc6c5)cc3-4)cc2)cc1. The summed E-state index contributed by atoms with van der Waals surface area (Å²) in [7, 11) is 0. The summed E-state index contributed by atoms with van der Waals surface area (Å²) in [6.07, 6.45) is 0. The first-order valence-electron chi connectivity index (χ1n) is 20.8. The summed E-state index contributed by atoms with van der Waals surface area (Å²) in [6, 6.07) is 87.3. The molecule has 0 aromatic heterocycles. The van der Waals surface area contributed by atoms with Crippen molar-refractivity contribution < 1.29 is 0 Å². The first-order valence-corrected chi connectivity index (χ1v) is 20.8. The molecule has 0 aliphatic heterocycles. The van der Waals surface area contributed by atoms with Crippen LogP contribution in [0.15, 0.2) is 237 Å². The molecule has 2 aliphatic carbocycles. The van der Waals surface area contributed by atoms with Crippen LogP contribution < -0.4 is 4.90 Å². The molecule has 1 spiro atoms. The molecule has 2 aliphatic rings. The Morgan fingerprint density at radius 3 is 1.28 bits per heavy atom. The van der Waals surface area contributed by atoms with Gasteiger partial charge in [0.05, 0.1) is 5.41 Å². The Labute approximate surface area is 351 Å². The number of fused-ring (bicyclic) bond motifs is 11. The second-order valence-electron chi connectivity index (χ2n) is 16.1. The van der Waals surface area contributed by atoms with Crippen LogP contribution in [0.2, 0.25) is 0 Å². The third-order valence-corrected chi connectivity index (χ3v) is 12.9. The van der Waals surface area contributed by atoms with Crippen molar-refractivity contribution in [3.8, 4) is 55.6 Å². The van der Waals surface area contributed by atoms with Crippen LogP contribution in [-0.2, 0) is 5.41 Å². The average Bonchev–Trinajstić information content (AvgIpc) is 3.79. The van der Waals surface area contributed by atoms with E-state index in [0.717, 1.165) is 17.1 Å². The molecule has 280 valence electrons. The van der Waals surface area contributed by atoms with Crippen LogP contribution in [0.5, 0.6) is 0 Å². The van der Waals surface area contributed by atoms with Gasteiger partial charge >= 0.3 is 0 Å². The highest BCUT2D eigenvalue weighted by Crippen LogP contribution is 2.63. The number of benzene rings is 10. The highest BCUT2D eigenvalue weighted by Gasteiger charge is 2.51. The molecule has 0 unspecified atom stereocenters. The van der Waals surface area contributed by atoms with E-state index in [-0.39, 0.29) is 0 Å². The summed E-state index contributed by atoms with van der Waals surface area (Å²) in [5.74, 6) is 0. The molecule has 0 amide bonds. The van der Waals surface area contributed by atoms with Gasteiger partial charge in [0.2, 0.25) is 0 Å². The van der Waals surface area contributed by atoms with Crippen LogP contribution in [0.4, 0.5) is 17.1 Å². The molecule has 0 bridgehead atoms. The van der Waals surface area contributed by atoms with Gasteiger partial charge in [-0.1, -0.05) is 188 Å². The van der Waals surface area contributed by atoms with E-state index in [0.29, 0.717) is 0 Å². The lowest BCUT2D eigenvalue weighted by atomic mass is 9.70. The fourth-order valence-electron chi connectivity index (χ4n) is 10.1. The van der Waals surface area contributed by atoms with Gasteiger partial charge in [0.15, 0.2) is 0 Å². The first kappa shape index (κ1) is 34.3. The topological polar surface area (TPSA) is 3.24 Å². The summed E-state index contributed by atoms with van der Waals surface area (Å²) >= 11 is 0. The van der Waals surface area contributed by atoms with Crippen LogP contribution in [0.1, 0.15) is 22.3 Å². The molecule has 0 fully saturated rings. The molecule has 10 aromatic carbocycles. The maximum absolute atomic E-state index is 2.49. The number of nitrogens with zero attached hydrogens (tertiary/aromatic N) is 1. The van der Waals surface area contributed by atoms with Crippen molar-refractivity contribution in [1.82, 2.24) is 0 Å². The van der Waals surface area contributed by atoms with Crippen molar-refractivity contribution in [3.63, 3.8) is 0 Å². The fourth-order valence-corrected chi connectivity index (χ4v) is 10.1. The van der Waals surface area contributed by atoms with Gasteiger partial charge in [-0.15, -0.1) is 0 Å². The summed E-state index contributed by atoms with van der Waals surface area (Å²) in [4.78, 5) is 2.42. The normalized spacial score (nSPS) is 12.8. The number of rotatable bonds is 6. The maximum atomic E-state index is 2.49. The molecule has 0 saturated carbocycles. The Kier molecular flexibility index (Phi) is 7.83. The van der Waals surface area contributed by atoms with E-state index in [1.54, 1.807) is 0 Å². The summed E-state index contributed by atoms with van der Waals surface area (Å²) < 4.78 is 0. The molecule has 12 rings (SSSR count). The average molecular weight is 762 g/mol. The molecule has 1 heteroatoms. The van der Waals surface area contributed by atoms with Gasteiger partial charge in [0.1, 0.15) is 0 Å². The summed E-state index contributed by atoms with van der Waals surface area (Å²) in [5.41, 5.74) is 20.6. The van der Waals surface area contributed by atoms with Gasteiger partial charge in [0, 0.05) is 17.1 Å². The van der Waals surface area contributed by atoms with Gasteiger partial charge in [-0.3, -0.25) is 0 Å². The Hall–Kier alpha value is -7.74. The van der Waals surface area contributed by atoms with Crippen LogP contribution in [0.25, 0.3) is 66.4 Å². The fraction of sp³-hybridized carbons (Fsp3) is 0.0169. The predicted molar refractivity (Wildman–Crippen MR) is 251 cm³/mol. The molecule has 0 saturated heterocycles. The van der Waals surface area contributed by atoms with Crippen molar-refractivity contribution in [3.05, 3.63) is 259 Å². The minimum atomic E-state index is -0.476. The van der Waals surface area contributed by atoms with E-state index in [1.165, 1.54) is 88.7 Å². The molecule has 60 heavy (non-hydrogen) atoms. The van der Waals surface area contributed by atoms with Crippen molar-refractivity contribution in [1.29, 1.82) is 0 Å². The zero-order valence-corrected chi connectivity index (χ0v) is 33.0. The number of hydrogen-bond donors (Lipinski definition) is 0. The van der Waals surface area contributed by atoms with E-state index in [2.05, 4.69) is 241 Å². The Balaban J connectivity index is 1.07. The van der Waals surface area contributed by atoms with E-state index >= 15 is 0 Å². The van der Waals surface area contributed by atoms with Gasteiger partial charge in [-0.05, 0) is 137 Å². The lowest BCUT2D eigenvalue weighted by molar-refractivity contribution is 0.794. The van der Waals surface area contributed by atoms with Crippen LogP contribution >= 0.6 is 0 Å². The minimum Gasteiger partial charge on any atom is -0.310 e. The van der Waals surface area contributed by atoms with Crippen molar-refractivity contribution in [2.24, 2.45) is 0 Å². The lowest BCUT2D eigenvalue weighted by Gasteiger charge is -2.32. The Morgan fingerprint density at radius 1 is 0.233 bits per heavy atom. The summed E-state index contributed by atoms with van der Waals surface area (Å²) in [5, 5.41) is 2.51. The largest absolute Gasteiger partial charge is 0.310 e. The molecule has 1 nitrogen and oxygen atoms in total. The number of hydrogen-bond acceptors (Lipinski definition) is 1. The second-order valence-corrected chi connectivity index (χ2v) is 16.1. The minimum absolute atomic E-state index is 0.476. The number of anilines is 3. The zero-order chi connectivity index (χ0) is 39.6. The van der Waals surface area contributed by atoms with Gasteiger partial charge in [0.25, 0.3) is 0 Å². The molecule has 10 aromatic rings.